The molecule has 0 radical (unpaired) electrons. The molecule has 2 unspecified atom stereocenters. The maximum Gasteiger partial charge on any atom is 0.0601 e. The molecule has 2 atom stereocenters. The minimum Gasteiger partial charge on any atom is -0.289 e. The molecule has 0 aromatic carbocycles. The molecule has 1 heteroatoms. The molecule has 2 aliphatic rings. The standard InChI is InChI=1S/C9H13N/c1-2-5-10-7-8-3-4-9(10)6-8/h1,8-9H,3-7H2. The molecule has 2 bridgehead atoms. The Morgan fingerprint density at radius 3 is 2.90 bits per heavy atom. The van der Waals surface area contributed by atoms with Crippen molar-refractivity contribution in [3.05, 3.63) is 0 Å². The molecule has 1 saturated carbocycles. The Morgan fingerprint density at radius 2 is 2.40 bits per heavy atom. The van der Waals surface area contributed by atoms with Gasteiger partial charge in [-0.05, 0) is 25.2 Å². The van der Waals surface area contributed by atoms with E-state index in [0.717, 1.165) is 18.5 Å². The number of hydrogen-bond donors (Lipinski definition) is 0. The molecule has 54 valence electrons. The van der Waals surface area contributed by atoms with Crippen molar-refractivity contribution in [3.63, 3.8) is 0 Å². The Bertz CT molecular complexity index is 168. The lowest BCUT2D eigenvalue weighted by atomic mass is 10.1. The van der Waals surface area contributed by atoms with Crippen molar-refractivity contribution >= 4 is 0 Å². The third-order valence-corrected chi connectivity index (χ3v) is 2.82. The second-order valence-corrected chi connectivity index (χ2v) is 3.47. The first-order valence-corrected chi connectivity index (χ1v) is 4.07. The molecule has 1 aliphatic heterocycles. The zero-order valence-corrected chi connectivity index (χ0v) is 6.21. The lowest BCUT2D eigenvalue weighted by Crippen LogP contribution is -2.32. The van der Waals surface area contributed by atoms with E-state index in [1.54, 1.807) is 0 Å². The Hall–Kier alpha value is -0.480. The Morgan fingerprint density at radius 1 is 1.50 bits per heavy atom. The molecule has 0 aromatic rings. The Kier molecular flexibility index (Phi) is 1.43. The van der Waals surface area contributed by atoms with Gasteiger partial charge in [-0.15, -0.1) is 6.42 Å². The normalized spacial score (nSPS) is 38.3. The summed E-state index contributed by atoms with van der Waals surface area (Å²) in [5.74, 6) is 3.70. The molecule has 1 nitrogen and oxygen atoms in total. The van der Waals surface area contributed by atoms with Gasteiger partial charge in [0.25, 0.3) is 0 Å². The lowest BCUT2D eigenvalue weighted by molar-refractivity contribution is 0.239. The first kappa shape index (κ1) is 6.24. The molecule has 2 fully saturated rings. The van der Waals surface area contributed by atoms with Gasteiger partial charge in [-0.25, -0.2) is 0 Å². The average Bonchev–Trinajstić information content (AvgIpc) is 2.48. The van der Waals surface area contributed by atoms with Gasteiger partial charge in [-0.3, -0.25) is 4.90 Å². The first-order chi connectivity index (χ1) is 4.90. The van der Waals surface area contributed by atoms with Gasteiger partial charge >= 0.3 is 0 Å². The molecular formula is C9H13N. The predicted molar refractivity (Wildman–Crippen MR) is 41.5 cm³/mol. The summed E-state index contributed by atoms with van der Waals surface area (Å²) < 4.78 is 0. The third-order valence-electron chi connectivity index (χ3n) is 2.82. The van der Waals surface area contributed by atoms with Crippen LogP contribution in [0.4, 0.5) is 0 Å². The van der Waals surface area contributed by atoms with Crippen LogP contribution in [-0.2, 0) is 0 Å². The molecule has 10 heavy (non-hydrogen) atoms. The number of rotatable bonds is 1. The third kappa shape index (κ3) is 0.839. The molecule has 0 aromatic heterocycles. The maximum absolute atomic E-state index is 5.25. The van der Waals surface area contributed by atoms with E-state index >= 15 is 0 Å². The minimum absolute atomic E-state index is 0.848. The number of piperidine rings is 1. The van der Waals surface area contributed by atoms with Gasteiger partial charge in [0.2, 0.25) is 0 Å². The van der Waals surface area contributed by atoms with E-state index in [1.807, 2.05) is 0 Å². The second kappa shape index (κ2) is 2.29. The number of terminal acetylenes is 1. The summed E-state index contributed by atoms with van der Waals surface area (Å²) >= 11 is 0. The van der Waals surface area contributed by atoms with E-state index < -0.39 is 0 Å². The molecule has 0 spiro atoms. The molecule has 1 aliphatic carbocycles. The zero-order chi connectivity index (χ0) is 6.97. The molecule has 1 saturated heterocycles. The fourth-order valence-corrected chi connectivity index (χ4v) is 2.34. The average molecular weight is 135 g/mol. The maximum atomic E-state index is 5.25. The van der Waals surface area contributed by atoms with Crippen LogP contribution in [0.1, 0.15) is 19.3 Å². The van der Waals surface area contributed by atoms with E-state index in [1.165, 1.54) is 25.8 Å². The van der Waals surface area contributed by atoms with Gasteiger partial charge in [0.05, 0.1) is 6.54 Å². The summed E-state index contributed by atoms with van der Waals surface area (Å²) in [6, 6.07) is 0.848. The van der Waals surface area contributed by atoms with Crippen molar-refractivity contribution in [2.75, 3.05) is 13.1 Å². The van der Waals surface area contributed by atoms with Crippen LogP contribution >= 0.6 is 0 Å². The largest absolute Gasteiger partial charge is 0.289 e. The lowest BCUT2D eigenvalue weighted by Gasteiger charge is -2.23. The smallest absolute Gasteiger partial charge is 0.0601 e. The van der Waals surface area contributed by atoms with Crippen LogP contribution < -0.4 is 0 Å². The van der Waals surface area contributed by atoms with Crippen molar-refractivity contribution in [1.29, 1.82) is 0 Å². The van der Waals surface area contributed by atoms with Gasteiger partial charge in [0.1, 0.15) is 0 Å². The van der Waals surface area contributed by atoms with Crippen molar-refractivity contribution in [3.8, 4) is 12.3 Å². The van der Waals surface area contributed by atoms with Crippen LogP contribution in [0, 0.1) is 18.3 Å². The fourth-order valence-electron chi connectivity index (χ4n) is 2.34. The summed E-state index contributed by atoms with van der Waals surface area (Å²) in [7, 11) is 0. The zero-order valence-electron chi connectivity index (χ0n) is 6.21. The van der Waals surface area contributed by atoms with Crippen LogP contribution in [0.2, 0.25) is 0 Å². The van der Waals surface area contributed by atoms with Crippen molar-refractivity contribution in [2.45, 2.75) is 25.3 Å². The highest BCUT2D eigenvalue weighted by molar-refractivity contribution is 4.98. The van der Waals surface area contributed by atoms with Crippen LogP contribution in [0.3, 0.4) is 0 Å². The molecule has 0 amide bonds. The van der Waals surface area contributed by atoms with Gasteiger partial charge in [0.15, 0.2) is 0 Å². The SMILES string of the molecule is C#CCN1CC2CCC1C2. The minimum atomic E-state index is 0.848. The van der Waals surface area contributed by atoms with E-state index in [4.69, 9.17) is 6.42 Å². The number of nitrogens with zero attached hydrogens (tertiary/aromatic N) is 1. The van der Waals surface area contributed by atoms with Gasteiger partial charge in [0, 0.05) is 12.6 Å². The van der Waals surface area contributed by atoms with Gasteiger partial charge < -0.3 is 0 Å². The molecule has 2 rings (SSSR count). The van der Waals surface area contributed by atoms with Gasteiger partial charge in [-0.2, -0.15) is 0 Å². The number of likely N-dealkylation sites (tertiary alicyclic amines) is 1. The van der Waals surface area contributed by atoms with E-state index in [0.29, 0.717) is 0 Å². The van der Waals surface area contributed by atoms with Gasteiger partial charge in [-0.1, -0.05) is 5.92 Å². The van der Waals surface area contributed by atoms with Crippen molar-refractivity contribution < 1.29 is 0 Å². The van der Waals surface area contributed by atoms with Crippen LogP contribution in [0.25, 0.3) is 0 Å². The molecular weight excluding hydrogens is 122 g/mol. The number of fused-ring (bicyclic) bond motifs is 2. The predicted octanol–water partition coefficient (Wildman–Crippen LogP) is 1.10. The van der Waals surface area contributed by atoms with Crippen LogP contribution in [0.15, 0.2) is 0 Å². The van der Waals surface area contributed by atoms with E-state index in [2.05, 4.69) is 10.8 Å². The highest BCUT2D eigenvalue weighted by Crippen LogP contribution is 2.36. The fraction of sp³-hybridized carbons (Fsp3) is 0.778. The summed E-state index contributed by atoms with van der Waals surface area (Å²) in [5.41, 5.74) is 0. The first-order valence-electron chi connectivity index (χ1n) is 4.07. The summed E-state index contributed by atoms with van der Waals surface area (Å²) in [5, 5.41) is 0. The van der Waals surface area contributed by atoms with E-state index in [9.17, 15) is 0 Å². The van der Waals surface area contributed by atoms with E-state index in [-0.39, 0.29) is 0 Å². The Balaban J connectivity index is 1.97. The number of hydrogen-bond acceptors (Lipinski definition) is 1. The highest BCUT2D eigenvalue weighted by atomic mass is 15.2. The van der Waals surface area contributed by atoms with Crippen molar-refractivity contribution in [2.24, 2.45) is 5.92 Å². The quantitative estimate of drug-likeness (QED) is 0.487. The summed E-state index contributed by atoms with van der Waals surface area (Å²) in [4.78, 5) is 2.45. The summed E-state index contributed by atoms with van der Waals surface area (Å²) in [6.07, 6.45) is 9.51. The van der Waals surface area contributed by atoms with Crippen LogP contribution in [-0.4, -0.2) is 24.0 Å². The van der Waals surface area contributed by atoms with Crippen LogP contribution in [0.5, 0.6) is 0 Å². The monoisotopic (exact) mass is 135 g/mol. The molecule has 0 N–H and O–H groups in total. The topological polar surface area (TPSA) is 3.24 Å². The van der Waals surface area contributed by atoms with Crippen molar-refractivity contribution in [1.82, 2.24) is 4.90 Å². The second-order valence-electron chi connectivity index (χ2n) is 3.47. The Labute approximate surface area is 62.4 Å². The molecule has 1 heterocycles. The summed E-state index contributed by atoms with van der Waals surface area (Å²) in [6.45, 7) is 2.15. The highest BCUT2D eigenvalue weighted by Gasteiger charge is 2.36.